The van der Waals surface area contributed by atoms with Crippen molar-refractivity contribution in [3.05, 3.63) is 23.8 Å². The molecule has 0 aromatic heterocycles. The van der Waals surface area contributed by atoms with Crippen molar-refractivity contribution in [3.63, 3.8) is 0 Å². The Bertz CT molecular complexity index is 526. The van der Waals surface area contributed by atoms with Gasteiger partial charge in [-0.3, -0.25) is 4.79 Å². The number of rotatable bonds is 4. The molecule has 3 N–H and O–H groups in total. The highest BCUT2D eigenvalue weighted by Gasteiger charge is 2.11. The largest absolute Gasteiger partial charge is 0.325 e. The number of benzene rings is 1. The average Bonchev–Trinajstić information content (AvgIpc) is 2.20. The predicted octanol–water partition coefficient (Wildman–Crippen LogP) is 0.944. The maximum atomic E-state index is 11.4. The number of anilines is 1. The number of carbonyl (C=O) groups excluding carboxylic acids is 1. The standard InChI is InChI=1S/C10H14N2O3S2/c1-7-3-4-8(17(11,14)15)5-9(7)12-10(13)6-16-2/h3-5H,6H2,1-2H3,(H,12,13)(H2,11,14,15). The highest BCUT2D eigenvalue weighted by Crippen LogP contribution is 2.19. The van der Waals surface area contributed by atoms with Gasteiger partial charge >= 0.3 is 0 Å². The molecule has 0 spiro atoms. The molecule has 0 radical (unpaired) electrons. The summed E-state index contributed by atoms with van der Waals surface area (Å²) in [7, 11) is -3.75. The second-order valence-electron chi connectivity index (χ2n) is 3.50. The van der Waals surface area contributed by atoms with Crippen LogP contribution in [0.3, 0.4) is 0 Å². The molecule has 0 heterocycles. The van der Waals surface area contributed by atoms with E-state index in [-0.39, 0.29) is 10.8 Å². The molecule has 94 valence electrons. The first-order valence-corrected chi connectivity index (χ1v) is 7.71. The molecule has 0 fully saturated rings. The maximum absolute atomic E-state index is 11.4. The number of sulfonamides is 1. The summed E-state index contributed by atoms with van der Waals surface area (Å²) in [4.78, 5) is 11.4. The SMILES string of the molecule is CSCC(=O)Nc1cc(S(N)(=O)=O)ccc1C. The first kappa shape index (κ1) is 14.0. The van der Waals surface area contributed by atoms with Gasteiger partial charge in [0.2, 0.25) is 15.9 Å². The number of amides is 1. The quantitative estimate of drug-likeness (QED) is 0.855. The molecule has 0 aliphatic heterocycles. The Balaban J connectivity index is 3.03. The fourth-order valence-electron chi connectivity index (χ4n) is 1.23. The van der Waals surface area contributed by atoms with Crippen LogP contribution in [0.5, 0.6) is 0 Å². The third-order valence-corrected chi connectivity index (χ3v) is 3.55. The van der Waals surface area contributed by atoms with Crippen molar-refractivity contribution in [2.75, 3.05) is 17.3 Å². The Kier molecular flexibility index (Phi) is 4.55. The highest BCUT2D eigenvalue weighted by atomic mass is 32.2. The molecule has 1 aromatic carbocycles. The summed E-state index contributed by atoms with van der Waals surface area (Å²) in [6.45, 7) is 1.78. The summed E-state index contributed by atoms with van der Waals surface area (Å²) in [5.74, 6) is 0.145. The topological polar surface area (TPSA) is 89.3 Å². The lowest BCUT2D eigenvalue weighted by atomic mass is 10.2. The van der Waals surface area contributed by atoms with Gasteiger partial charge in [0.15, 0.2) is 0 Å². The van der Waals surface area contributed by atoms with E-state index >= 15 is 0 Å². The smallest absolute Gasteiger partial charge is 0.238 e. The van der Waals surface area contributed by atoms with Crippen molar-refractivity contribution in [3.8, 4) is 0 Å². The second kappa shape index (κ2) is 5.52. The maximum Gasteiger partial charge on any atom is 0.238 e. The molecular weight excluding hydrogens is 260 g/mol. The molecule has 1 aromatic rings. The molecular formula is C10H14N2O3S2. The van der Waals surface area contributed by atoms with Crippen molar-refractivity contribution in [2.24, 2.45) is 5.14 Å². The molecule has 0 atom stereocenters. The molecule has 1 rings (SSSR count). The minimum Gasteiger partial charge on any atom is -0.325 e. The van der Waals surface area contributed by atoms with Crippen molar-refractivity contribution in [1.82, 2.24) is 0 Å². The third-order valence-electron chi connectivity index (χ3n) is 2.09. The van der Waals surface area contributed by atoms with E-state index in [1.807, 2.05) is 6.26 Å². The summed E-state index contributed by atoms with van der Waals surface area (Å²) in [5, 5.41) is 7.66. The Labute approximate surface area is 105 Å². The number of nitrogens with one attached hydrogen (secondary N) is 1. The zero-order valence-corrected chi connectivity index (χ0v) is 11.2. The van der Waals surface area contributed by atoms with Crippen LogP contribution in [0.1, 0.15) is 5.56 Å². The third kappa shape index (κ3) is 4.03. The molecule has 0 bridgehead atoms. The van der Waals surface area contributed by atoms with E-state index in [2.05, 4.69) is 5.32 Å². The molecule has 0 saturated carbocycles. The van der Waals surface area contributed by atoms with Crippen LogP contribution in [-0.2, 0) is 14.8 Å². The monoisotopic (exact) mass is 274 g/mol. The first-order valence-electron chi connectivity index (χ1n) is 4.77. The van der Waals surface area contributed by atoms with Gasteiger partial charge in [0.05, 0.1) is 10.6 Å². The number of nitrogens with two attached hydrogens (primary N) is 1. The van der Waals surface area contributed by atoms with Crippen LogP contribution < -0.4 is 10.5 Å². The molecule has 0 saturated heterocycles. The summed E-state index contributed by atoms with van der Waals surface area (Å²) in [6.07, 6.45) is 1.81. The summed E-state index contributed by atoms with van der Waals surface area (Å²) in [6, 6.07) is 4.38. The van der Waals surface area contributed by atoms with E-state index in [9.17, 15) is 13.2 Å². The van der Waals surface area contributed by atoms with E-state index in [1.165, 1.54) is 23.9 Å². The second-order valence-corrected chi connectivity index (χ2v) is 5.93. The number of carbonyl (C=O) groups is 1. The van der Waals surface area contributed by atoms with Gasteiger partial charge in [-0.2, -0.15) is 11.8 Å². The Hall–Kier alpha value is -1.05. The van der Waals surface area contributed by atoms with E-state index in [4.69, 9.17) is 5.14 Å². The van der Waals surface area contributed by atoms with Crippen LogP contribution in [0.25, 0.3) is 0 Å². The summed E-state index contributed by atoms with van der Waals surface area (Å²) >= 11 is 1.39. The van der Waals surface area contributed by atoms with Gasteiger partial charge in [0.25, 0.3) is 0 Å². The lowest BCUT2D eigenvalue weighted by molar-refractivity contribution is -0.113. The van der Waals surface area contributed by atoms with Crippen LogP contribution >= 0.6 is 11.8 Å². The fraction of sp³-hybridized carbons (Fsp3) is 0.300. The fourth-order valence-corrected chi connectivity index (χ4v) is 2.10. The van der Waals surface area contributed by atoms with E-state index < -0.39 is 10.0 Å². The molecule has 17 heavy (non-hydrogen) atoms. The molecule has 0 aliphatic carbocycles. The van der Waals surface area contributed by atoms with Crippen LogP contribution in [0.2, 0.25) is 0 Å². The number of hydrogen-bond acceptors (Lipinski definition) is 4. The summed E-state index contributed by atoms with van der Waals surface area (Å²) in [5.41, 5.74) is 1.25. The van der Waals surface area contributed by atoms with E-state index in [0.717, 1.165) is 5.56 Å². The van der Waals surface area contributed by atoms with Gasteiger partial charge in [-0.1, -0.05) is 6.07 Å². The molecule has 0 unspecified atom stereocenters. The average molecular weight is 274 g/mol. The number of primary sulfonamides is 1. The Morgan fingerprint density at radius 3 is 2.65 bits per heavy atom. The van der Waals surface area contributed by atoms with Gasteiger partial charge in [-0.05, 0) is 30.9 Å². The zero-order chi connectivity index (χ0) is 13.1. The van der Waals surface area contributed by atoms with Gasteiger partial charge in [-0.25, -0.2) is 13.6 Å². The zero-order valence-electron chi connectivity index (χ0n) is 9.56. The van der Waals surface area contributed by atoms with E-state index in [1.54, 1.807) is 13.0 Å². The molecule has 1 amide bonds. The van der Waals surface area contributed by atoms with Gasteiger partial charge in [0, 0.05) is 5.69 Å². The number of thioether (sulfide) groups is 1. The van der Waals surface area contributed by atoms with Gasteiger partial charge in [-0.15, -0.1) is 0 Å². The first-order chi connectivity index (χ1) is 7.84. The Morgan fingerprint density at radius 1 is 1.47 bits per heavy atom. The highest BCUT2D eigenvalue weighted by molar-refractivity contribution is 7.99. The van der Waals surface area contributed by atoms with Crippen molar-refractivity contribution in [2.45, 2.75) is 11.8 Å². The lowest BCUT2D eigenvalue weighted by Gasteiger charge is -2.09. The predicted molar refractivity (Wildman–Crippen MR) is 69.6 cm³/mol. The van der Waals surface area contributed by atoms with Crippen molar-refractivity contribution >= 4 is 33.4 Å². The number of hydrogen-bond donors (Lipinski definition) is 2. The normalized spacial score (nSPS) is 11.2. The van der Waals surface area contributed by atoms with Crippen molar-refractivity contribution < 1.29 is 13.2 Å². The van der Waals surface area contributed by atoms with Crippen LogP contribution in [0.4, 0.5) is 5.69 Å². The van der Waals surface area contributed by atoms with Gasteiger partial charge < -0.3 is 5.32 Å². The Morgan fingerprint density at radius 2 is 2.12 bits per heavy atom. The number of aryl methyl sites for hydroxylation is 1. The minimum atomic E-state index is -3.75. The lowest BCUT2D eigenvalue weighted by Crippen LogP contribution is -2.16. The van der Waals surface area contributed by atoms with E-state index in [0.29, 0.717) is 11.4 Å². The minimum absolute atomic E-state index is 0.0115. The molecule has 7 heteroatoms. The van der Waals surface area contributed by atoms with Crippen LogP contribution in [-0.4, -0.2) is 26.3 Å². The van der Waals surface area contributed by atoms with Crippen molar-refractivity contribution in [1.29, 1.82) is 0 Å². The van der Waals surface area contributed by atoms with Crippen LogP contribution in [0, 0.1) is 6.92 Å². The van der Waals surface area contributed by atoms with Gasteiger partial charge in [0.1, 0.15) is 0 Å². The molecule has 0 aliphatic rings. The summed E-state index contributed by atoms with van der Waals surface area (Å²) < 4.78 is 22.3. The molecule has 5 nitrogen and oxygen atoms in total. The van der Waals surface area contributed by atoms with Crippen LogP contribution in [0.15, 0.2) is 23.1 Å².